The highest BCUT2D eigenvalue weighted by Crippen LogP contribution is 2.54. The van der Waals surface area contributed by atoms with Crippen molar-refractivity contribution in [2.75, 3.05) is 7.11 Å². The summed E-state index contributed by atoms with van der Waals surface area (Å²) < 4.78 is 0. The molecule has 4 rings (SSSR count). The first kappa shape index (κ1) is 20.9. The van der Waals surface area contributed by atoms with Gasteiger partial charge in [0.15, 0.2) is 0 Å². The number of rotatable bonds is 3. The van der Waals surface area contributed by atoms with Crippen molar-refractivity contribution in [3.05, 3.63) is 34.4 Å². The highest BCUT2D eigenvalue weighted by Gasteiger charge is 2.47. The first-order valence-electron chi connectivity index (χ1n) is 10.7. The summed E-state index contributed by atoms with van der Waals surface area (Å²) in [7, 11) is 1.69. The molecule has 3 aliphatic carbocycles. The van der Waals surface area contributed by atoms with Gasteiger partial charge in [-0.1, -0.05) is 51.8 Å². The monoisotopic (exact) mass is 385 g/mol. The normalized spacial score (nSPS) is 30.1. The number of oxime groups is 1. The molecule has 0 aliphatic heterocycles. The van der Waals surface area contributed by atoms with Gasteiger partial charge in [0, 0.05) is 5.56 Å². The van der Waals surface area contributed by atoms with Gasteiger partial charge in [0.2, 0.25) is 0 Å². The Kier molecular flexibility index (Phi) is 6.16. The van der Waals surface area contributed by atoms with E-state index in [4.69, 9.17) is 14.7 Å². The summed E-state index contributed by atoms with van der Waals surface area (Å²) >= 11 is 0. The Labute approximate surface area is 169 Å². The van der Waals surface area contributed by atoms with Crippen molar-refractivity contribution in [1.29, 1.82) is 0 Å². The molecule has 3 atom stereocenters. The van der Waals surface area contributed by atoms with E-state index in [1.165, 1.54) is 48.9 Å². The third-order valence-electron chi connectivity index (χ3n) is 7.26. The summed E-state index contributed by atoms with van der Waals surface area (Å²) in [5, 5.41) is 11.4. The summed E-state index contributed by atoms with van der Waals surface area (Å²) in [6.07, 6.45) is 7.84. The quantitative estimate of drug-likeness (QED) is 0.525. The molecule has 3 aliphatic rings. The molecule has 1 aromatic rings. The molecule has 0 bridgehead atoms. The Hall–Kier alpha value is -1.84. The van der Waals surface area contributed by atoms with E-state index in [0.717, 1.165) is 18.3 Å². The van der Waals surface area contributed by atoms with Crippen molar-refractivity contribution < 1.29 is 14.7 Å². The molecular weight excluding hydrogens is 350 g/mol. The van der Waals surface area contributed by atoms with Gasteiger partial charge >= 0.3 is 0 Å². The zero-order valence-electron chi connectivity index (χ0n) is 18.0. The maximum absolute atomic E-state index is 8.36. The SMILES string of the molecule is CO/N=C1\CC2[C@@H](C)CCC[C@]2(C)c2cc(C3CC3)c(C(C)C)cc21.O=CO. The predicted molar refractivity (Wildman–Crippen MR) is 113 cm³/mol. The average molecular weight is 386 g/mol. The molecule has 0 radical (unpaired) electrons. The van der Waals surface area contributed by atoms with Gasteiger partial charge in [-0.25, -0.2) is 0 Å². The zero-order chi connectivity index (χ0) is 20.5. The smallest absolute Gasteiger partial charge is 0.290 e. The van der Waals surface area contributed by atoms with E-state index in [1.54, 1.807) is 18.2 Å². The molecule has 0 heterocycles. The van der Waals surface area contributed by atoms with Gasteiger partial charge < -0.3 is 9.94 Å². The molecule has 1 N–H and O–H groups in total. The number of fused-ring (bicyclic) bond motifs is 3. The first-order valence-corrected chi connectivity index (χ1v) is 10.7. The van der Waals surface area contributed by atoms with Gasteiger partial charge in [-0.05, 0) is 77.5 Å². The molecule has 2 saturated carbocycles. The summed E-state index contributed by atoms with van der Waals surface area (Å²) in [5.41, 5.74) is 7.60. The van der Waals surface area contributed by atoms with Crippen LogP contribution < -0.4 is 0 Å². The lowest BCUT2D eigenvalue weighted by molar-refractivity contribution is -0.122. The van der Waals surface area contributed by atoms with Crippen LogP contribution in [0.15, 0.2) is 17.3 Å². The molecule has 4 nitrogen and oxygen atoms in total. The van der Waals surface area contributed by atoms with Crippen molar-refractivity contribution in [3.8, 4) is 0 Å². The minimum Gasteiger partial charge on any atom is -0.483 e. The number of benzene rings is 1. The van der Waals surface area contributed by atoms with Gasteiger partial charge in [0.1, 0.15) is 7.11 Å². The standard InChI is InChI=1S/C23H33NO.CH2O2/c1-14(2)17-11-19-21(12-18(17)16-8-9-16)23(4)10-6-7-15(3)20(23)13-22(19)24-25-5;2-1-3/h11-12,14-16,20H,6-10,13H2,1-5H3;1H,(H,2,3)/b24-22+;/t15-,20?,23-;/m0./s1. The van der Waals surface area contributed by atoms with Crippen LogP contribution in [0.4, 0.5) is 0 Å². The highest BCUT2D eigenvalue weighted by atomic mass is 16.6. The Bertz CT molecular complexity index is 750. The molecule has 0 spiro atoms. The molecule has 4 heteroatoms. The van der Waals surface area contributed by atoms with Crippen LogP contribution in [0.1, 0.15) is 100 Å². The predicted octanol–water partition coefficient (Wildman–Crippen LogP) is 5.84. The van der Waals surface area contributed by atoms with Gasteiger partial charge in [-0.2, -0.15) is 0 Å². The first-order chi connectivity index (χ1) is 13.4. The van der Waals surface area contributed by atoms with Crippen molar-refractivity contribution in [2.24, 2.45) is 17.0 Å². The molecule has 0 amide bonds. The van der Waals surface area contributed by atoms with Gasteiger partial charge in [0.05, 0.1) is 5.71 Å². The van der Waals surface area contributed by atoms with Crippen LogP contribution in [0, 0.1) is 11.8 Å². The van der Waals surface area contributed by atoms with Crippen molar-refractivity contribution >= 4 is 12.2 Å². The molecule has 2 fully saturated rings. The van der Waals surface area contributed by atoms with Crippen LogP contribution in [0.2, 0.25) is 0 Å². The molecule has 1 aromatic carbocycles. The zero-order valence-corrected chi connectivity index (χ0v) is 18.0. The Morgan fingerprint density at radius 2 is 1.96 bits per heavy atom. The van der Waals surface area contributed by atoms with E-state index in [0.29, 0.717) is 17.3 Å². The lowest BCUT2D eigenvalue weighted by Crippen LogP contribution is -2.45. The van der Waals surface area contributed by atoms with E-state index in [1.807, 2.05) is 0 Å². The maximum Gasteiger partial charge on any atom is 0.290 e. The molecule has 1 unspecified atom stereocenters. The average Bonchev–Trinajstić information content (AvgIpc) is 3.48. The van der Waals surface area contributed by atoms with Crippen LogP contribution in [0.5, 0.6) is 0 Å². The van der Waals surface area contributed by atoms with Gasteiger partial charge in [-0.3, -0.25) is 4.79 Å². The Morgan fingerprint density at radius 1 is 1.29 bits per heavy atom. The topological polar surface area (TPSA) is 58.9 Å². The van der Waals surface area contributed by atoms with E-state index >= 15 is 0 Å². The fourth-order valence-electron chi connectivity index (χ4n) is 5.67. The second-order valence-corrected chi connectivity index (χ2v) is 9.38. The summed E-state index contributed by atoms with van der Waals surface area (Å²) in [4.78, 5) is 13.6. The van der Waals surface area contributed by atoms with Crippen LogP contribution in [-0.2, 0) is 15.0 Å². The number of hydrogen-bond acceptors (Lipinski definition) is 3. The minimum absolute atomic E-state index is 0.250. The maximum atomic E-state index is 8.36. The number of nitrogens with zero attached hydrogens (tertiary/aromatic N) is 1. The molecule has 0 saturated heterocycles. The lowest BCUT2D eigenvalue weighted by Gasteiger charge is -2.50. The fraction of sp³-hybridized carbons (Fsp3) is 0.667. The minimum atomic E-state index is -0.250. The van der Waals surface area contributed by atoms with E-state index in [9.17, 15) is 0 Å². The highest BCUT2D eigenvalue weighted by molar-refractivity contribution is 6.03. The van der Waals surface area contributed by atoms with Crippen LogP contribution >= 0.6 is 0 Å². The Balaban J connectivity index is 0.000000706. The van der Waals surface area contributed by atoms with Crippen molar-refractivity contribution in [1.82, 2.24) is 0 Å². The van der Waals surface area contributed by atoms with Gasteiger partial charge in [-0.15, -0.1) is 0 Å². The molecular formula is C24H35NO3. The molecule has 0 aromatic heterocycles. The summed E-state index contributed by atoms with van der Waals surface area (Å²) in [5.74, 6) is 2.83. The number of carboxylic acid groups (broad SMARTS) is 1. The van der Waals surface area contributed by atoms with E-state index in [2.05, 4.69) is 45.0 Å². The largest absolute Gasteiger partial charge is 0.483 e. The number of hydrogen-bond donors (Lipinski definition) is 1. The fourth-order valence-corrected chi connectivity index (χ4v) is 5.67. The number of carbonyl (C=O) groups is 1. The molecule has 28 heavy (non-hydrogen) atoms. The van der Waals surface area contributed by atoms with Crippen molar-refractivity contribution in [3.63, 3.8) is 0 Å². The van der Waals surface area contributed by atoms with E-state index in [-0.39, 0.29) is 6.47 Å². The summed E-state index contributed by atoms with van der Waals surface area (Å²) in [6.45, 7) is 9.39. The van der Waals surface area contributed by atoms with Crippen LogP contribution in [0.25, 0.3) is 0 Å². The summed E-state index contributed by atoms with van der Waals surface area (Å²) in [6, 6.07) is 5.07. The lowest BCUT2D eigenvalue weighted by atomic mass is 9.54. The Morgan fingerprint density at radius 3 is 2.54 bits per heavy atom. The third kappa shape index (κ3) is 3.70. The van der Waals surface area contributed by atoms with Crippen LogP contribution in [-0.4, -0.2) is 24.4 Å². The second-order valence-electron chi connectivity index (χ2n) is 9.38. The molecule has 154 valence electrons. The third-order valence-corrected chi connectivity index (χ3v) is 7.26. The van der Waals surface area contributed by atoms with Crippen molar-refractivity contribution in [2.45, 2.75) is 83.5 Å². The van der Waals surface area contributed by atoms with Crippen LogP contribution in [0.3, 0.4) is 0 Å². The second kappa shape index (κ2) is 8.26. The van der Waals surface area contributed by atoms with Gasteiger partial charge in [0.25, 0.3) is 6.47 Å². The van der Waals surface area contributed by atoms with E-state index < -0.39 is 0 Å².